The number of carbonyl (C=O) groups is 1. The van der Waals surface area contributed by atoms with Crippen LogP contribution in [0.2, 0.25) is 0 Å². The summed E-state index contributed by atoms with van der Waals surface area (Å²) in [6.07, 6.45) is 3.11. The van der Waals surface area contributed by atoms with Gasteiger partial charge in [-0.1, -0.05) is 24.3 Å². The van der Waals surface area contributed by atoms with E-state index in [4.69, 9.17) is 0 Å². The number of anilines is 1. The summed E-state index contributed by atoms with van der Waals surface area (Å²) in [7, 11) is 0. The van der Waals surface area contributed by atoms with E-state index in [9.17, 15) is 4.79 Å². The van der Waals surface area contributed by atoms with Crippen LogP contribution in [0.4, 0.5) is 5.69 Å². The van der Waals surface area contributed by atoms with Gasteiger partial charge >= 0.3 is 0 Å². The van der Waals surface area contributed by atoms with Gasteiger partial charge in [0.05, 0.1) is 5.69 Å². The highest BCUT2D eigenvalue weighted by Gasteiger charge is 2.11. The Bertz CT molecular complexity index is 820. The number of carbonyl (C=O) groups excluding carboxylic acids is 1. The van der Waals surface area contributed by atoms with Crippen molar-refractivity contribution in [2.75, 3.05) is 5.32 Å². The zero-order valence-electron chi connectivity index (χ0n) is 12.8. The molecule has 0 radical (unpaired) electrons. The van der Waals surface area contributed by atoms with Gasteiger partial charge in [-0.15, -0.1) is 0 Å². The fourth-order valence-electron chi connectivity index (χ4n) is 2.62. The molecule has 4 nitrogen and oxygen atoms in total. The van der Waals surface area contributed by atoms with E-state index in [1.807, 2.05) is 62.5 Å². The van der Waals surface area contributed by atoms with Gasteiger partial charge in [-0.05, 0) is 44.0 Å². The summed E-state index contributed by atoms with van der Waals surface area (Å²) in [6, 6.07) is 13.7. The van der Waals surface area contributed by atoms with Crippen molar-refractivity contribution in [3.8, 4) is 0 Å². The van der Waals surface area contributed by atoms with Gasteiger partial charge in [-0.2, -0.15) is 0 Å². The maximum Gasteiger partial charge on any atom is 0.224 e. The molecule has 112 valence electrons. The zero-order chi connectivity index (χ0) is 15.5. The molecule has 3 aromatic rings. The minimum Gasteiger partial charge on any atom is -0.326 e. The predicted molar refractivity (Wildman–Crippen MR) is 88.1 cm³/mol. The van der Waals surface area contributed by atoms with Gasteiger partial charge in [0.25, 0.3) is 0 Å². The SMILES string of the molecule is Cc1ccccc1NC(=O)CCc1c(C)nc2ccccn12. The van der Waals surface area contributed by atoms with Crippen molar-refractivity contribution in [3.05, 3.63) is 65.6 Å². The molecule has 0 bridgehead atoms. The molecule has 1 aromatic carbocycles. The minimum absolute atomic E-state index is 0.0274. The van der Waals surface area contributed by atoms with Crippen molar-refractivity contribution >= 4 is 17.2 Å². The second kappa shape index (κ2) is 6.02. The van der Waals surface area contributed by atoms with Gasteiger partial charge in [0, 0.05) is 24.0 Å². The summed E-state index contributed by atoms with van der Waals surface area (Å²) in [5.41, 5.74) is 4.95. The molecule has 0 aliphatic carbocycles. The Labute approximate surface area is 129 Å². The van der Waals surface area contributed by atoms with Gasteiger partial charge in [0.1, 0.15) is 5.65 Å². The first kappa shape index (κ1) is 14.3. The largest absolute Gasteiger partial charge is 0.326 e. The van der Waals surface area contributed by atoms with Crippen LogP contribution >= 0.6 is 0 Å². The van der Waals surface area contributed by atoms with E-state index in [1.165, 1.54) is 0 Å². The standard InChI is InChI=1S/C18H19N3O/c1-13-7-3-4-8-15(13)20-18(22)11-10-16-14(2)19-17-9-5-6-12-21(16)17/h3-9,12H,10-11H2,1-2H3,(H,20,22). The number of rotatable bonds is 4. The van der Waals surface area contributed by atoms with Crippen LogP contribution in [-0.2, 0) is 11.2 Å². The lowest BCUT2D eigenvalue weighted by molar-refractivity contribution is -0.116. The normalized spacial score (nSPS) is 10.8. The Morgan fingerprint density at radius 2 is 1.91 bits per heavy atom. The van der Waals surface area contributed by atoms with Crippen LogP contribution in [0.1, 0.15) is 23.4 Å². The molecule has 0 aliphatic rings. The number of hydrogen-bond donors (Lipinski definition) is 1. The third-order valence-corrected chi connectivity index (χ3v) is 3.84. The maximum atomic E-state index is 12.2. The van der Waals surface area contributed by atoms with Crippen molar-refractivity contribution in [1.82, 2.24) is 9.38 Å². The monoisotopic (exact) mass is 293 g/mol. The summed E-state index contributed by atoms with van der Waals surface area (Å²) >= 11 is 0. The third kappa shape index (κ3) is 2.86. The number of amides is 1. The first-order valence-electron chi connectivity index (χ1n) is 7.43. The topological polar surface area (TPSA) is 46.4 Å². The van der Waals surface area contributed by atoms with Crippen LogP contribution in [0.25, 0.3) is 5.65 Å². The van der Waals surface area contributed by atoms with Gasteiger partial charge in [-0.25, -0.2) is 4.98 Å². The molecule has 0 saturated carbocycles. The number of aryl methyl sites for hydroxylation is 3. The molecule has 4 heteroatoms. The number of nitrogens with one attached hydrogen (secondary N) is 1. The van der Waals surface area contributed by atoms with Gasteiger partial charge in [-0.3, -0.25) is 4.79 Å². The summed E-state index contributed by atoms with van der Waals surface area (Å²) in [5.74, 6) is 0.0274. The second-order valence-corrected chi connectivity index (χ2v) is 5.44. The molecule has 0 aliphatic heterocycles. The quantitative estimate of drug-likeness (QED) is 0.800. The molecule has 1 N–H and O–H groups in total. The van der Waals surface area contributed by atoms with Crippen LogP contribution < -0.4 is 5.32 Å². The Hall–Kier alpha value is -2.62. The predicted octanol–water partition coefficient (Wildman–Crippen LogP) is 3.52. The van der Waals surface area contributed by atoms with Crippen molar-refractivity contribution in [2.45, 2.75) is 26.7 Å². The fraction of sp³-hybridized carbons (Fsp3) is 0.222. The van der Waals surface area contributed by atoms with E-state index >= 15 is 0 Å². The Kier molecular flexibility index (Phi) is 3.92. The minimum atomic E-state index is 0.0274. The lowest BCUT2D eigenvalue weighted by atomic mass is 10.1. The summed E-state index contributed by atoms with van der Waals surface area (Å²) in [4.78, 5) is 16.7. The molecule has 1 amide bonds. The first-order valence-corrected chi connectivity index (χ1v) is 7.43. The number of pyridine rings is 1. The van der Waals surface area contributed by atoms with Crippen molar-refractivity contribution < 1.29 is 4.79 Å². The summed E-state index contributed by atoms with van der Waals surface area (Å²) in [6.45, 7) is 3.98. The molecule has 22 heavy (non-hydrogen) atoms. The smallest absolute Gasteiger partial charge is 0.224 e. The zero-order valence-corrected chi connectivity index (χ0v) is 12.8. The number of para-hydroxylation sites is 1. The number of benzene rings is 1. The van der Waals surface area contributed by atoms with Crippen molar-refractivity contribution in [1.29, 1.82) is 0 Å². The van der Waals surface area contributed by atoms with Crippen LogP contribution in [0.15, 0.2) is 48.7 Å². The fourth-order valence-corrected chi connectivity index (χ4v) is 2.62. The molecule has 0 spiro atoms. The van der Waals surface area contributed by atoms with E-state index in [-0.39, 0.29) is 5.91 Å². The van der Waals surface area contributed by atoms with Crippen molar-refractivity contribution in [2.24, 2.45) is 0 Å². The lowest BCUT2D eigenvalue weighted by Gasteiger charge is -2.08. The summed E-state index contributed by atoms with van der Waals surface area (Å²) < 4.78 is 2.05. The Morgan fingerprint density at radius 3 is 2.73 bits per heavy atom. The number of fused-ring (bicyclic) bond motifs is 1. The highest BCUT2D eigenvalue weighted by Crippen LogP contribution is 2.16. The van der Waals surface area contributed by atoms with Crippen LogP contribution in [0.3, 0.4) is 0 Å². The lowest BCUT2D eigenvalue weighted by Crippen LogP contribution is -2.13. The molecule has 0 unspecified atom stereocenters. The average molecular weight is 293 g/mol. The average Bonchev–Trinajstić information content (AvgIpc) is 2.83. The molecule has 0 atom stereocenters. The van der Waals surface area contributed by atoms with E-state index in [2.05, 4.69) is 14.7 Å². The molecule has 2 heterocycles. The van der Waals surface area contributed by atoms with E-state index in [0.717, 1.165) is 28.3 Å². The number of nitrogens with zero attached hydrogens (tertiary/aromatic N) is 2. The highest BCUT2D eigenvalue weighted by molar-refractivity contribution is 5.91. The van der Waals surface area contributed by atoms with Crippen LogP contribution in [0.5, 0.6) is 0 Å². The Balaban J connectivity index is 1.70. The molecular weight excluding hydrogens is 274 g/mol. The molecule has 2 aromatic heterocycles. The number of hydrogen-bond acceptors (Lipinski definition) is 2. The Morgan fingerprint density at radius 1 is 1.14 bits per heavy atom. The van der Waals surface area contributed by atoms with E-state index in [1.54, 1.807) is 0 Å². The maximum absolute atomic E-state index is 12.2. The third-order valence-electron chi connectivity index (χ3n) is 3.84. The number of aromatic nitrogens is 2. The first-order chi connectivity index (χ1) is 10.6. The van der Waals surface area contributed by atoms with E-state index < -0.39 is 0 Å². The molecule has 0 fully saturated rings. The van der Waals surface area contributed by atoms with Gasteiger partial charge < -0.3 is 9.72 Å². The molecular formula is C18H19N3O. The van der Waals surface area contributed by atoms with Crippen LogP contribution in [-0.4, -0.2) is 15.3 Å². The highest BCUT2D eigenvalue weighted by atomic mass is 16.1. The molecule has 3 rings (SSSR count). The van der Waals surface area contributed by atoms with Crippen molar-refractivity contribution in [3.63, 3.8) is 0 Å². The van der Waals surface area contributed by atoms with E-state index in [0.29, 0.717) is 12.8 Å². The number of imidazole rings is 1. The van der Waals surface area contributed by atoms with Crippen LogP contribution in [0, 0.1) is 13.8 Å². The molecule has 0 saturated heterocycles. The second-order valence-electron chi connectivity index (χ2n) is 5.44. The summed E-state index contributed by atoms with van der Waals surface area (Å²) in [5, 5.41) is 2.97. The van der Waals surface area contributed by atoms with Gasteiger partial charge in [0.15, 0.2) is 0 Å². The van der Waals surface area contributed by atoms with Gasteiger partial charge in [0.2, 0.25) is 5.91 Å².